The largest absolute Gasteiger partial charge is 0.457 e. The molecule has 3 nitrogen and oxygen atoms in total. The summed E-state index contributed by atoms with van der Waals surface area (Å²) in [5.41, 5.74) is 14.8. The molecule has 0 fully saturated rings. The van der Waals surface area contributed by atoms with Crippen molar-refractivity contribution in [3.8, 4) is 33.8 Å². The molecular weight excluding hydrogens is 585 g/mol. The van der Waals surface area contributed by atoms with E-state index in [-0.39, 0.29) is 6.17 Å². The van der Waals surface area contributed by atoms with Gasteiger partial charge in [-0.15, -0.1) is 0 Å². The molecule has 10 rings (SSSR count). The molecule has 0 bridgehead atoms. The molecule has 7 aromatic rings. The lowest BCUT2D eigenvalue weighted by molar-refractivity contribution is 0.436. The third kappa shape index (κ3) is 3.85. The molecule has 1 spiro atoms. The maximum Gasteiger partial charge on any atom is 0.145 e. The van der Waals surface area contributed by atoms with Crippen LogP contribution in [0, 0.1) is 0 Å². The molecule has 2 aliphatic heterocycles. The van der Waals surface area contributed by atoms with Gasteiger partial charge in [-0.1, -0.05) is 140 Å². The van der Waals surface area contributed by atoms with E-state index in [1.165, 1.54) is 38.9 Å². The van der Waals surface area contributed by atoms with Gasteiger partial charge in [0.2, 0.25) is 0 Å². The summed E-state index contributed by atoms with van der Waals surface area (Å²) in [6.07, 6.45) is -0.214. The van der Waals surface area contributed by atoms with Crippen molar-refractivity contribution >= 4 is 11.4 Å². The minimum Gasteiger partial charge on any atom is -0.457 e. The van der Waals surface area contributed by atoms with E-state index in [2.05, 4.69) is 175 Å². The molecular formula is C45H30N2O. The summed E-state index contributed by atoms with van der Waals surface area (Å²) in [4.78, 5) is 5.29. The van der Waals surface area contributed by atoms with E-state index >= 15 is 0 Å². The Balaban J connectivity index is 1.14. The second-order valence-corrected chi connectivity index (χ2v) is 12.7. The second-order valence-electron chi connectivity index (χ2n) is 12.7. The van der Waals surface area contributed by atoms with Crippen LogP contribution >= 0.6 is 0 Å². The lowest BCUT2D eigenvalue weighted by Gasteiger charge is -2.39. The van der Waals surface area contributed by atoms with Gasteiger partial charge in [0.1, 0.15) is 17.7 Å². The number of para-hydroxylation sites is 3. The van der Waals surface area contributed by atoms with Gasteiger partial charge in [-0.05, 0) is 69.3 Å². The van der Waals surface area contributed by atoms with Gasteiger partial charge < -0.3 is 10.1 Å². The van der Waals surface area contributed by atoms with Crippen molar-refractivity contribution < 1.29 is 4.74 Å². The van der Waals surface area contributed by atoms with Crippen LogP contribution < -0.4 is 10.1 Å². The SMILES string of the molecule is c1ccc(C2=NC(c3cccc(-c4ccc5c(c4)C4(c6ccccc6Oc6ccccc64)c4ccccc4-5)c3)Nc3ccccc32)cc1. The van der Waals surface area contributed by atoms with Gasteiger partial charge in [-0.2, -0.15) is 0 Å². The first-order valence-corrected chi connectivity index (χ1v) is 16.5. The van der Waals surface area contributed by atoms with Crippen molar-refractivity contribution in [3.63, 3.8) is 0 Å². The Hall–Kier alpha value is -6.19. The molecule has 2 heterocycles. The van der Waals surface area contributed by atoms with Crippen molar-refractivity contribution in [1.82, 2.24) is 0 Å². The molecule has 7 aromatic carbocycles. The maximum atomic E-state index is 6.54. The Kier molecular flexibility index (Phi) is 5.85. The minimum absolute atomic E-state index is 0.214. The Morgan fingerprint density at radius 3 is 1.85 bits per heavy atom. The van der Waals surface area contributed by atoms with Crippen LogP contribution in [0.15, 0.2) is 175 Å². The number of hydrogen-bond donors (Lipinski definition) is 1. The van der Waals surface area contributed by atoms with Crippen LogP contribution in [-0.2, 0) is 5.41 Å². The number of ether oxygens (including phenoxy) is 1. The average Bonchev–Trinajstić information content (AvgIpc) is 3.45. The van der Waals surface area contributed by atoms with Crippen LogP contribution in [0.2, 0.25) is 0 Å². The van der Waals surface area contributed by atoms with Gasteiger partial charge in [0, 0.05) is 27.9 Å². The van der Waals surface area contributed by atoms with Crippen molar-refractivity contribution in [3.05, 3.63) is 209 Å². The van der Waals surface area contributed by atoms with Gasteiger partial charge >= 0.3 is 0 Å². The minimum atomic E-state index is -0.492. The normalized spacial score (nSPS) is 15.9. The van der Waals surface area contributed by atoms with E-state index < -0.39 is 5.41 Å². The molecule has 0 saturated carbocycles. The van der Waals surface area contributed by atoms with Crippen LogP contribution in [0.25, 0.3) is 22.3 Å². The second kappa shape index (κ2) is 10.4. The Morgan fingerprint density at radius 1 is 0.458 bits per heavy atom. The number of anilines is 1. The zero-order valence-electron chi connectivity index (χ0n) is 26.1. The smallest absolute Gasteiger partial charge is 0.145 e. The van der Waals surface area contributed by atoms with Crippen LogP contribution in [0.5, 0.6) is 11.5 Å². The van der Waals surface area contributed by atoms with E-state index in [1.54, 1.807) is 0 Å². The van der Waals surface area contributed by atoms with Crippen molar-refractivity contribution in [1.29, 1.82) is 0 Å². The summed E-state index contributed by atoms with van der Waals surface area (Å²) in [5.74, 6) is 1.81. The highest BCUT2D eigenvalue weighted by atomic mass is 16.5. The third-order valence-electron chi connectivity index (χ3n) is 10.2. The topological polar surface area (TPSA) is 33.6 Å². The number of nitrogens with one attached hydrogen (secondary N) is 1. The van der Waals surface area contributed by atoms with Gasteiger partial charge in [-0.3, -0.25) is 4.99 Å². The van der Waals surface area contributed by atoms with Gasteiger partial charge in [-0.25, -0.2) is 0 Å². The van der Waals surface area contributed by atoms with Gasteiger partial charge in [0.25, 0.3) is 0 Å². The fourth-order valence-electron chi connectivity index (χ4n) is 8.10. The lowest BCUT2D eigenvalue weighted by Crippen LogP contribution is -2.32. The summed E-state index contributed by atoms with van der Waals surface area (Å²) in [5, 5.41) is 3.71. The third-order valence-corrected chi connectivity index (χ3v) is 10.2. The highest BCUT2D eigenvalue weighted by Gasteiger charge is 2.51. The fraction of sp³-hybridized carbons (Fsp3) is 0.0444. The molecule has 3 heteroatoms. The highest BCUT2D eigenvalue weighted by Crippen LogP contribution is 2.62. The molecule has 1 atom stereocenters. The highest BCUT2D eigenvalue weighted by molar-refractivity contribution is 6.17. The molecule has 3 aliphatic rings. The van der Waals surface area contributed by atoms with E-state index in [9.17, 15) is 0 Å². The Labute approximate surface area is 279 Å². The summed E-state index contributed by atoms with van der Waals surface area (Å²) >= 11 is 0. The molecule has 48 heavy (non-hydrogen) atoms. The van der Waals surface area contributed by atoms with Crippen LogP contribution in [0.4, 0.5) is 5.69 Å². The molecule has 1 N–H and O–H groups in total. The summed E-state index contributed by atoms with van der Waals surface area (Å²) in [6, 6.07) is 60.7. The van der Waals surface area contributed by atoms with Gasteiger partial charge in [0.15, 0.2) is 0 Å². The van der Waals surface area contributed by atoms with E-state index in [0.717, 1.165) is 45.2 Å². The maximum absolute atomic E-state index is 6.54. The summed E-state index contributed by atoms with van der Waals surface area (Å²) in [7, 11) is 0. The first-order chi connectivity index (χ1) is 23.8. The molecule has 1 aliphatic carbocycles. The number of rotatable bonds is 3. The first-order valence-electron chi connectivity index (χ1n) is 16.5. The standard InChI is InChI=1S/C45H30N2O/c1-2-13-29(14-3-1)43-35-18-5-9-22-40(35)46-44(47-43)32-16-12-15-30(27-32)31-25-26-34-33-17-4-6-19-36(33)45(39(34)28-31)37-20-7-10-23-41(37)48-42-24-11-8-21-38(42)45/h1-28,44,46H. The zero-order valence-corrected chi connectivity index (χ0v) is 26.1. The fourth-order valence-corrected chi connectivity index (χ4v) is 8.10. The quantitative estimate of drug-likeness (QED) is 0.215. The predicted octanol–water partition coefficient (Wildman–Crippen LogP) is 10.8. The van der Waals surface area contributed by atoms with Crippen molar-refractivity contribution in [2.24, 2.45) is 4.99 Å². The van der Waals surface area contributed by atoms with Crippen molar-refractivity contribution in [2.45, 2.75) is 11.6 Å². The number of fused-ring (bicyclic) bond motifs is 10. The predicted molar refractivity (Wildman–Crippen MR) is 194 cm³/mol. The number of nitrogens with zero attached hydrogens (tertiary/aromatic N) is 1. The molecule has 1 unspecified atom stereocenters. The number of hydrogen-bond acceptors (Lipinski definition) is 3. The molecule has 226 valence electrons. The monoisotopic (exact) mass is 614 g/mol. The lowest BCUT2D eigenvalue weighted by atomic mass is 9.66. The van der Waals surface area contributed by atoms with E-state index in [1.807, 2.05) is 0 Å². The zero-order chi connectivity index (χ0) is 31.7. The molecule has 0 radical (unpaired) electrons. The van der Waals surface area contributed by atoms with Crippen LogP contribution in [0.1, 0.15) is 45.1 Å². The van der Waals surface area contributed by atoms with Crippen molar-refractivity contribution in [2.75, 3.05) is 5.32 Å². The molecule has 0 aromatic heterocycles. The Bertz CT molecular complexity index is 2380. The van der Waals surface area contributed by atoms with Gasteiger partial charge in [0.05, 0.1) is 11.1 Å². The van der Waals surface area contributed by atoms with Crippen LogP contribution in [-0.4, -0.2) is 5.71 Å². The average molecular weight is 615 g/mol. The molecule has 0 amide bonds. The van der Waals surface area contributed by atoms with Crippen LogP contribution in [0.3, 0.4) is 0 Å². The Morgan fingerprint density at radius 2 is 1.06 bits per heavy atom. The molecule has 0 saturated heterocycles. The van der Waals surface area contributed by atoms with E-state index in [0.29, 0.717) is 0 Å². The van der Waals surface area contributed by atoms with E-state index in [4.69, 9.17) is 9.73 Å². The number of aliphatic imine (C=N–C) groups is 1. The summed E-state index contributed by atoms with van der Waals surface area (Å²) in [6.45, 7) is 0. The summed E-state index contributed by atoms with van der Waals surface area (Å²) < 4.78 is 6.54. The number of benzene rings is 7. The first kappa shape index (κ1) is 27.0.